The molecular weight excluding hydrogens is 284 g/mol. The first-order valence-corrected chi connectivity index (χ1v) is 7.45. The van der Waals surface area contributed by atoms with E-state index in [1.54, 1.807) is 6.07 Å². The number of pyridine rings is 1. The highest BCUT2D eigenvalue weighted by atomic mass is 35.5. The largest absolute Gasteiger partial charge is 0.349 e. The lowest BCUT2D eigenvalue weighted by molar-refractivity contribution is 0.347. The van der Waals surface area contributed by atoms with Gasteiger partial charge < -0.3 is 10.2 Å². The number of hydrogen-bond donors (Lipinski definition) is 1. The maximum absolute atomic E-state index is 9.41. The zero-order valence-electron chi connectivity index (χ0n) is 12.1. The van der Waals surface area contributed by atoms with Crippen LogP contribution in [0.25, 0.3) is 10.9 Å². The van der Waals surface area contributed by atoms with Gasteiger partial charge in [0.2, 0.25) is 0 Å². The number of benzene rings is 1. The third kappa shape index (κ3) is 2.44. The number of aromatic nitrogens is 1. The highest BCUT2D eigenvalue weighted by molar-refractivity contribution is 6.31. The van der Waals surface area contributed by atoms with E-state index in [0.717, 1.165) is 29.7 Å². The van der Waals surface area contributed by atoms with Crippen LogP contribution < -0.4 is 10.2 Å². The molecule has 1 fully saturated rings. The van der Waals surface area contributed by atoms with Crippen LogP contribution in [-0.2, 0) is 0 Å². The van der Waals surface area contributed by atoms with Crippen molar-refractivity contribution in [2.75, 3.05) is 18.5 Å². The number of nitrogens with one attached hydrogen (secondary N) is 1. The fourth-order valence-electron chi connectivity index (χ4n) is 3.08. The Morgan fingerprint density at radius 3 is 2.95 bits per heavy atom. The van der Waals surface area contributed by atoms with E-state index in [9.17, 15) is 5.26 Å². The molecule has 1 aromatic heterocycles. The van der Waals surface area contributed by atoms with E-state index in [-0.39, 0.29) is 0 Å². The van der Waals surface area contributed by atoms with Gasteiger partial charge >= 0.3 is 0 Å². The summed E-state index contributed by atoms with van der Waals surface area (Å²) in [5, 5.41) is 14.1. The number of likely N-dealkylation sites (N-methyl/N-ethyl adjacent to an activating group) is 1. The number of fused-ring (bicyclic) bond motifs is 1. The smallest absolute Gasteiger partial charge is 0.131 e. The highest BCUT2D eigenvalue weighted by Gasteiger charge is 2.35. The van der Waals surface area contributed by atoms with Crippen molar-refractivity contribution in [3.8, 4) is 6.07 Å². The summed E-state index contributed by atoms with van der Waals surface area (Å²) < 4.78 is 0. The zero-order valence-corrected chi connectivity index (χ0v) is 12.9. The molecule has 0 amide bonds. The van der Waals surface area contributed by atoms with Gasteiger partial charge in [0.1, 0.15) is 5.82 Å². The van der Waals surface area contributed by atoms with Gasteiger partial charge in [0, 0.05) is 29.0 Å². The highest BCUT2D eigenvalue weighted by Crippen LogP contribution is 2.33. The molecule has 21 heavy (non-hydrogen) atoms. The molecule has 5 heteroatoms. The van der Waals surface area contributed by atoms with E-state index in [1.165, 1.54) is 0 Å². The number of rotatable bonds is 3. The standard InChI is InChI=1S/C16H17ClN4/c1-10-5-13(9-19-2)21(10)16-6-11(8-18)14-7-12(17)3-4-15(14)20-16/h3-4,6-7,10,13,19H,5,9H2,1-2H3. The predicted octanol–water partition coefficient (Wildman–Crippen LogP) is 2.95. The number of nitrogens with zero attached hydrogens (tertiary/aromatic N) is 3. The van der Waals surface area contributed by atoms with Crippen LogP contribution in [0.1, 0.15) is 18.9 Å². The summed E-state index contributed by atoms with van der Waals surface area (Å²) in [6, 6.07) is 10.5. The first-order chi connectivity index (χ1) is 10.1. The van der Waals surface area contributed by atoms with E-state index in [2.05, 4.69) is 23.2 Å². The average Bonchev–Trinajstić information content (AvgIpc) is 2.46. The van der Waals surface area contributed by atoms with Crippen molar-refractivity contribution in [3.63, 3.8) is 0 Å². The predicted molar refractivity (Wildman–Crippen MR) is 85.7 cm³/mol. The van der Waals surface area contributed by atoms with Crippen molar-refractivity contribution in [3.05, 3.63) is 34.9 Å². The SMILES string of the molecule is CNCC1CC(C)N1c1cc(C#N)c2cc(Cl)ccc2n1. The summed E-state index contributed by atoms with van der Waals surface area (Å²) >= 11 is 6.02. The minimum Gasteiger partial charge on any atom is -0.349 e. The Labute approximate surface area is 129 Å². The third-order valence-corrected chi connectivity index (χ3v) is 4.30. The summed E-state index contributed by atoms with van der Waals surface area (Å²) in [6.45, 7) is 3.11. The van der Waals surface area contributed by atoms with Gasteiger partial charge in [-0.05, 0) is 44.7 Å². The minimum absolute atomic E-state index is 0.439. The molecule has 1 aliphatic heterocycles. The summed E-state index contributed by atoms with van der Waals surface area (Å²) in [4.78, 5) is 7.00. The molecular formula is C16H17ClN4. The maximum Gasteiger partial charge on any atom is 0.131 e. The molecule has 108 valence electrons. The van der Waals surface area contributed by atoms with E-state index in [1.807, 2.05) is 25.2 Å². The van der Waals surface area contributed by atoms with Crippen LogP contribution >= 0.6 is 11.6 Å². The van der Waals surface area contributed by atoms with Crippen molar-refractivity contribution in [1.82, 2.24) is 10.3 Å². The van der Waals surface area contributed by atoms with Gasteiger partial charge in [-0.15, -0.1) is 0 Å². The molecule has 0 saturated carbocycles. The van der Waals surface area contributed by atoms with Crippen LogP contribution in [0.4, 0.5) is 5.82 Å². The van der Waals surface area contributed by atoms with Crippen molar-refractivity contribution in [2.24, 2.45) is 0 Å². The molecule has 1 aromatic carbocycles. The van der Waals surface area contributed by atoms with Crippen molar-refractivity contribution < 1.29 is 0 Å². The van der Waals surface area contributed by atoms with E-state index < -0.39 is 0 Å². The van der Waals surface area contributed by atoms with Gasteiger partial charge in [0.25, 0.3) is 0 Å². The molecule has 1 saturated heterocycles. The summed E-state index contributed by atoms with van der Waals surface area (Å²) in [7, 11) is 1.96. The van der Waals surface area contributed by atoms with Gasteiger partial charge in [-0.2, -0.15) is 5.26 Å². The number of nitriles is 1. The quantitative estimate of drug-likeness (QED) is 0.947. The van der Waals surface area contributed by atoms with E-state index in [4.69, 9.17) is 16.6 Å². The molecule has 1 aliphatic rings. The lowest BCUT2D eigenvalue weighted by atomic mass is 9.93. The Morgan fingerprint density at radius 1 is 1.48 bits per heavy atom. The number of anilines is 1. The molecule has 2 atom stereocenters. The Morgan fingerprint density at radius 2 is 2.29 bits per heavy atom. The van der Waals surface area contributed by atoms with Crippen LogP contribution in [-0.4, -0.2) is 30.7 Å². The molecule has 0 bridgehead atoms. The monoisotopic (exact) mass is 300 g/mol. The van der Waals surface area contributed by atoms with Crippen LogP contribution in [0, 0.1) is 11.3 Å². The van der Waals surface area contributed by atoms with Gasteiger partial charge in [-0.3, -0.25) is 0 Å². The second kappa shape index (κ2) is 5.51. The Balaban J connectivity index is 2.08. The molecule has 1 N–H and O–H groups in total. The average molecular weight is 301 g/mol. The summed E-state index contributed by atoms with van der Waals surface area (Å²) in [5.41, 5.74) is 1.44. The van der Waals surface area contributed by atoms with Crippen molar-refractivity contribution >= 4 is 28.3 Å². The molecule has 2 unspecified atom stereocenters. The number of halogens is 1. The van der Waals surface area contributed by atoms with Crippen molar-refractivity contribution in [1.29, 1.82) is 5.26 Å². The lowest BCUT2D eigenvalue weighted by Crippen LogP contribution is -2.58. The van der Waals surface area contributed by atoms with Gasteiger partial charge in [0.05, 0.1) is 17.1 Å². The Hall–Kier alpha value is -1.83. The normalized spacial score (nSPS) is 21.1. The van der Waals surface area contributed by atoms with Gasteiger partial charge in [-0.25, -0.2) is 4.98 Å². The lowest BCUT2D eigenvalue weighted by Gasteiger charge is -2.48. The minimum atomic E-state index is 0.439. The first-order valence-electron chi connectivity index (χ1n) is 7.07. The molecule has 4 nitrogen and oxygen atoms in total. The van der Waals surface area contributed by atoms with Gasteiger partial charge in [-0.1, -0.05) is 11.6 Å². The number of hydrogen-bond acceptors (Lipinski definition) is 4. The van der Waals surface area contributed by atoms with E-state index in [0.29, 0.717) is 22.7 Å². The Kier molecular flexibility index (Phi) is 3.71. The van der Waals surface area contributed by atoms with Crippen LogP contribution in [0.5, 0.6) is 0 Å². The molecule has 3 rings (SSSR count). The fraction of sp³-hybridized carbons (Fsp3) is 0.375. The Bertz CT molecular complexity index is 720. The van der Waals surface area contributed by atoms with Crippen LogP contribution in [0.2, 0.25) is 5.02 Å². The molecule has 0 spiro atoms. The first kappa shape index (κ1) is 14.1. The van der Waals surface area contributed by atoms with Crippen LogP contribution in [0.15, 0.2) is 24.3 Å². The summed E-state index contributed by atoms with van der Waals surface area (Å²) in [5.74, 6) is 0.875. The molecule has 0 aliphatic carbocycles. The molecule has 0 radical (unpaired) electrons. The van der Waals surface area contributed by atoms with Crippen molar-refractivity contribution in [2.45, 2.75) is 25.4 Å². The molecule has 2 heterocycles. The van der Waals surface area contributed by atoms with E-state index >= 15 is 0 Å². The van der Waals surface area contributed by atoms with Gasteiger partial charge in [0.15, 0.2) is 0 Å². The zero-order chi connectivity index (χ0) is 15.0. The second-order valence-electron chi connectivity index (χ2n) is 5.50. The third-order valence-electron chi connectivity index (χ3n) is 4.06. The van der Waals surface area contributed by atoms with Crippen LogP contribution in [0.3, 0.4) is 0 Å². The summed E-state index contributed by atoms with van der Waals surface area (Å²) in [6.07, 6.45) is 1.14. The second-order valence-corrected chi connectivity index (χ2v) is 5.94. The topological polar surface area (TPSA) is 52.0 Å². The fourth-order valence-corrected chi connectivity index (χ4v) is 3.25. The molecule has 2 aromatic rings. The maximum atomic E-state index is 9.41.